The van der Waals surface area contributed by atoms with Crippen molar-refractivity contribution in [1.82, 2.24) is 4.98 Å². The molecule has 1 N–H and O–H groups in total. The Morgan fingerprint density at radius 1 is 0.930 bits per heavy atom. The molecule has 1 aliphatic rings. The number of aromatic nitrogens is 1. The van der Waals surface area contributed by atoms with E-state index < -0.39 is 5.97 Å². The van der Waals surface area contributed by atoms with Gasteiger partial charge in [0.05, 0.1) is 16.8 Å². The average Bonchev–Trinajstić information content (AvgIpc) is 2.95. The van der Waals surface area contributed by atoms with Gasteiger partial charge in [-0.25, -0.2) is 9.78 Å². The summed E-state index contributed by atoms with van der Waals surface area (Å²) in [5.41, 5.74) is 6.80. The summed E-state index contributed by atoms with van der Waals surface area (Å²) in [6.07, 6.45) is 3.66. The number of nitrogens with one attached hydrogen (secondary N) is 1. The Morgan fingerprint density at radius 3 is 2.26 bits per heavy atom. The van der Waals surface area contributed by atoms with Gasteiger partial charge in [0.25, 0.3) is 5.91 Å². The lowest BCUT2D eigenvalue weighted by Gasteiger charge is -2.36. The second-order valence-electron chi connectivity index (χ2n) is 13.5. The summed E-state index contributed by atoms with van der Waals surface area (Å²) in [7, 11) is 0. The SMILES string of the molecule is CC(C)(C)c1ccc(NC(=O)COC(=O)c2c3c(nc4ccccc24)/C(=C/c2ccc(Cl)cc2)C[C@H](C(C)(C)C)C3)cc1. The van der Waals surface area contributed by atoms with Crippen LogP contribution >= 0.6 is 11.6 Å². The molecular weight excluding hydrogens is 556 g/mol. The molecule has 0 fully saturated rings. The summed E-state index contributed by atoms with van der Waals surface area (Å²) in [4.78, 5) is 31.7. The molecule has 1 heterocycles. The molecular formula is C37H39ClN2O3. The number of hydrogen-bond donors (Lipinski definition) is 1. The lowest BCUT2D eigenvalue weighted by Crippen LogP contribution is -2.29. The summed E-state index contributed by atoms with van der Waals surface area (Å²) in [6.45, 7) is 12.7. The first-order valence-corrected chi connectivity index (χ1v) is 15.1. The minimum atomic E-state index is -0.520. The third-order valence-corrected chi connectivity index (χ3v) is 8.48. The monoisotopic (exact) mass is 594 g/mol. The number of nitrogens with zero attached hydrogens (tertiary/aromatic N) is 1. The van der Waals surface area contributed by atoms with Crippen molar-refractivity contribution < 1.29 is 14.3 Å². The first kappa shape index (κ1) is 30.5. The standard InChI is InChI=1S/C37H39ClN2O3/c1-36(2,3)25-13-17-28(18-14-25)39-32(41)22-43-35(42)33-29-9-7-8-10-31(29)40-34-24(19-23-11-15-27(38)16-12-23)20-26(21-30(33)34)37(4,5)6/h7-19,26H,20-22H2,1-6H3,(H,39,41)/b24-19+/t26-/m0/s1. The van der Waals surface area contributed by atoms with Crippen molar-refractivity contribution in [2.45, 2.75) is 59.8 Å². The minimum absolute atomic E-state index is 0.00792. The molecule has 43 heavy (non-hydrogen) atoms. The highest BCUT2D eigenvalue weighted by molar-refractivity contribution is 6.30. The Balaban J connectivity index is 1.48. The number of amides is 1. The Morgan fingerprint density at radius 2 is 1.60 bits per heavy atom. The summed E-state index contributed by atoms with van der Waals surface area (Å²) >= 11 is 6.15. The van der Waals surface area contributed by atoms with E-state index >= 15 is 0 Å². The smallest absolute Gasteiger partial charge is 0.339 e. The van der Waals surface area contributed by atoms with E-state index in [1.54, 1.807) is 0 Å². The van der Waals surface area contributed by atoms with E-state index in [2.05, 4.69) is 52.9 Å². The highest BCUT2D eigenvalue weighted by Gasteiger charge is 2.35. The van der Waals surface area contributed by atoms with E-state index in [1.807, 2.05) is 72.8 Å². The Kier molecular flexibility index (Phi) is 8.49. The molecule has 3 aromatic carbocycles. The minimum Gasteiger partial charge on any atom is -0.452 e. The quantitative estimate of drug-likeness (QED) is 0.234. The number of allylic oxidation sites excluding steroid dienone is 1. The highest BCUT2D eigenvalue weighted by Crippen LogP contribution is 2.45. The van der Waals surface area contributed by atoms with Crippen LogP contribution in [0.4, 0.5) is 5.69 Å². The third kappa shape index (κ3) is 7.00. The first-order valence-electron chi connectivity index (χ1n) is 14.8. The third-order valence-electron chi connectivity index (χ3n) is 8.22. The number of anilines is 1. The molecule has 6 heteroatoms. The second kappa shape index (κ2) is 12.0. The number of carbonyl (C=O) groups is 2. The van der Waals surface area contributed by atoms with Crippen LogP contribution in [0.1, 0.15) is 80.7 Å². The highest BCUT2D eigenvalue weighted by atomic mass is 35.5. The maximum Gasteiger partial charge on any atom is 0.339 e. The second-order valence-corrected chi connectivity index (χ2v) is 13.9. The number of carbonyl (C=O) groups excluding carboxylic acids is 2. The van der Waals surface area contributed by atoms with Crippen LogP contribution in [-0.4, -0.2) is 23.5 Å². The van der Waals surface area contributed by atoms with Crippen molar-refractivity contribution in [3.05, 3.63) is 106 Å². The molecule has 5 nitrogen and oxygen atoms in total. The van der Waals surface area contributed by atoms with Gasteiger partial charge in [0, 0.05) is 16.1 Å². The van der Waals surface area contributed by atoms with E-state index in [0.29, 0.717) is 28.2 Å². The fourth-order valence-corrected chi connectivity index (χ4v) is 5.71. The van der Waals surface area contributed by atoms with Gasteiger partial charge in [0.2, 0.25) is 0 Å². The molecule has 1 amide bonds. The number of para-hydroxylation sites is 1. The maximum atomic E-state index is 13.8. The molecule has 222 valence electrons. The van der Waals surface area contributed by atoms with Gasteiger partial charge >= 0.3 is 5.97 Å². The van der Waals surface area contributed by atoms with E-state index in [4.69, 9.17) is 21.3 Å². The number of esters is 1. The van der Waals surface area contributed by atoms with Gasteiger partial charge in [0.1, 0.15) is 0 Å². The van der Waals surface area contributed by atoms with E-state index in [9.17, 15) is 9.59 Å². The molecule has 1 aromatic heterocycles. The predicted molar refractivity (Wildman–Crippen MR) is 176 cm³/mol. The Bertz CT molecular complexity index is 1690. The van der Waals surface area contributed by atoms with Gasteiger partial charge in [0.15, 0.2) is 6.61 Å². The lowest BCUT2D eigenvalue weighted by atomic mass is 9.69. The number of benzene rings is 3. The number of pyridine rings is 1. The van der Waals surface area contributed by atoms with Crippen LogP contribution in [0.5, 0.6) is 0 Å². The number of ether oxygens (including phenoxy) is 1. The normalized spacial score (nSPS) is 16.2. The van der Waals surface area contributed by atoms with Crippen LogP contribution < -0.4 is 5.32 Å². The van der Waals surface area contributed by atoms with E-state index in [-0.39, 0.29) is 29.3 Å². The largest absolute Gasteiger partial charge is 0.452 e. The summed E-state index contributed by atoms with van der Waals surface area (Å²) < 4.78 is 5.69. The lowest BCUT2D eigenvalue weighted by molar-refractivity contribution is -0.119. The molecule has 0 spiro atoms. The van der Waals surface area contributed by atoms with Gasteiger partial charge in [-0.05, 0) is 88.3 Å². The molecule has 0 unspecified atom stereocenters. The fourth-order valence-electron chi connectivity index (χ4n) is 5.58. The van der Waals surface area contributed by atoms with E-state index in [1.165, 1.54) is 5.56 Å². The van der Waals surface area contributed by atoms with Crippen LogP contribution in [0.25, 0.3) is 22.6 Å². The van der Waals surface area contributed by atoms with Crippen molar-refractivity contribution in [2.75, 3.05) is 11.9 Å². The van der Waals surface area contributed by atoms with Crippen LogP contribution in [0, 0.1) is 11.3 Å². The number of hydrogen-bond acceptors (Lipinski definition) is 4. The number of rotatable bonds is 5. The summed E-state index contributed by atoms with van der Waals surface area (Å²) in [6, 6.07) is 23.1. The maximum absolute atomic E-state index is 13.8. The van der Waals surface area contributed by atoms with Crippen LogP contribution in [-0.2, 0) is 21.4 Å². The molecule has 0 aliphatic heterocycles. The van der Waals surface area contributed by atoms with Gasteiger partial charge < -0.3 is 10.1 Å². The molecule has 5 rings (SSSR count). The summed E-state index contributed by atoms with van der Waals surface area (Å²) in [5, 5.41) is 4.25. The first-order chi connectivity index (χ1) is 20.3. The number of halogens is 1. The van der Waals surface area contributed by atoms with Crippen LogP contribution in [0.2, 0.25) is 5.02 Å². The molecule has 0 saturated carbocycles. The molecule has 4 aromatic rings. The van der Waals surface area contributed by atoms with Gasteiger partial charge in [-0.15, -0.1) is 0 Å². The summed E-state index contributed by atoms with van der Waals surface area (Å²) in [5.74, 6) is -0.638. The molecule has 0 bridgehead atoms. The van der Waals surface area contributed by atoms with Crippen molar-refractivity contribution in [2.24, 2.45) is 11.3 Å². The molecule has 1 aliphatic carbocycles. The molecule has 0 radical (unpaired) electrons. The molecule has 0 saturated heterocycles. The zero-order valence-corrected chi connectivity index (χ0v) is 26.5. The zero-order valence-electron chi connectivity index (χ0n) is 25.8. The predicted octanol–water partition coefficient (Wildman–Crippen LogP) is 9.13. The van der Waals surface area contributed by atoms with Gasteiger partial charge in [-0.3, -0.25) is 4.79 Å². The fraction of sp³-hybridized carbons (Fsp3) is 0.324. The zero-order chi connectivity index (χ0) is 30.9. The topological polar surface area (TPSA) is 68.3 Å². The van der Waals surface area contributed by atoms with Crippen molar-refractivity contribution in [3.63, 3.8) is 0 Å². The Hall–Kier alpha value is -3.96. The Labute approximate surface area is 259 Å². The van der Waals surface area contributed by atoms with Crippen molar-refractivity contribution in [1.29, 1.82) is 0 Å². The molecule has 1 atom stereocenters. The van der Waals surface area contributed by atoms with Gasteiger partial charge in [-0.2, -0.15) is 0 Å². The van der Waals surface area contributed by atoms with Crippen molar-refractivity contribution in [3.8, 4) is 0 Å². The van der Waals surface area contributed by atoms with E-state index in [0.717, 1.165) is 34.2 Å². The van der Waals surface area contributed by atoms with Crippen LogP contribution in [0.15, 0.2) is 72.8 Å². The van der Waals surface area contributed by atoms with Crippen molar-refractivity contribution >= 4 is 51.7 Å². The van der Waals surface area contributed by atoms with Gasteiger partial charge in [-0.1, -0.05) is 95.6 Å². The van der Waals surface area contributed by atoms with Crippen LogP contribution in [0.3, 0.4) is 0 Å². The number of fused-ring (bicyclic) bond motifs is 2. The average molecular weight is 595 g/mol.